The second kappa shape index (κ2) is 8.83. The molecule has 4 rings (SSSR count). The summed E-state index contributed by atoms with van der Waals surface area (Å²) >= 11 is 0. The summed E-state index contributed by atoms with van der Waals surface area (Å²) in [6.07, 6.45) is 0. The van der Waals surface area contributed by atoms with Crippen molar-refractivity contribution >= 4 is 22.9 Å². The van der Waals surface area contributed by atoms with Gasteiger partial charge >= 0.3 is 5.97 Å². The van der Waals surface area contributed by atoms with E-state index < -0.39 is 5.97 Å². The summed E-state index contributed by atoms with van der Waals surface area (Å²) in [5.74, 6) is -0.0827. The van der Waals surface area contributed by atoms with Crippen LogP contribution in [-0.2, 0) is 16.1 Å². The number of ether oxygens (including phenoxy) is 1. The molecule has 4 aromatic rings. The molecule has 156 valence electrons. The van der Waals surface area contributed by atoms with Gasteiger partial charge < -0.3 is 10.1 Å². The van der Waals surface area contributed by atoms with Crippen molar-refractivity contribution in [3.05, 3.63) is 95.3 Å². The topological polar surface area (TPSA) is 73.2 Å². The van der Waals surface area contributed by atoms with Crippen molar-refractivity contribution in [3.8, 4) is 5.69 Å². The van der Waals surface area contributed by atoms with E-state index in [-0.39, 0.29) is 12.5 Å². The summed E-state index contributed by atoms with van der Waals surface area (Å²) in [6.45, 7) is 3.98. The van der Waals surface area contributed by atoms with Gasteiger partial charge in [-0.2, -0.15) is 0 Å². The number of benzene rings is 3. The molecule has 0 aliphatic heterocycles. The number of carbonyl (C=O) groups excluding carboxylic acids is 2. The highest BCUT2D eigenvalue weighted by atomic mass is 16.5. The Hall–Kier alpha value is -3.93. The number of hydrogen-bond donors (Lipinski definition) is 1. The van der Waals surface area contributed by atoms with Crippen LogP contribution in [0.1, 0.15) is 27.3 Å². The summed E-state index contributed by atoms with van der Waals surface area (Å²) in [5, 5.41) is 2.75. The zero-order chi connectivity index (χ0) is 21.8. The first-order valence-electron chi connectivity index (χ1n) is 10.0. The van der Waals surface area contributed by atoms with Crippen LogP contribution in [0, 0.1) is 13.8 Å². The lowest BCUT2D eigenvalue weighted by Gasteiger charge is -2.08. The molecule has 0 radical (unpaired) electrons. The fourth-order valence-corrected chi connectivity index (χ4v) is 3.40. The van der Waals surface area contributed by atoms with Crippen molar-refractivity contribution in [1.29, 1.82) is 0 Å². The van der Waals surface area contributed by atoms with Crippen molar-refractivity contribution in [2.24, 2.45) is 0 Å². The van der Waals surface area contributed by atoms with E-state index in [2.05, 4.69) is 10.3 Å². The van der Waals surface area contributed by atoms with Crippen molar-refractivity contribution in [3.63, 3.8) is 0 Å². The second-order valence-electron chi connectivity index (χ2n) is 7.37. The Morgan fingerprint density at radius 1 is 0.968 bits per heavy atom. The number of rotatable bonds is 6. The number of imidazole rings is 1. The number of fused-ring (bicyclic) bond motifs is 1. The maximum absolute atomic E-state index is 12.4. The highest BCUT2D eigenvalue weighted by Gasteiger charge is 2.14. The molecule has 0 spiro atoms. The number of esters is 1. The van der Waals surface area contributed by atoms with Gasteiger partial charge in [-0.25, -0.2) is 9.78 Å². The zero-order valence-electron chi connectivity index (χ0n) is 17.5. The van der Waals surface area contributed by atoms with Gasteiger partial charge in [0.25, 0.3) is 5.91 Å². The van der Waals surface area contributed by atoms with E-state index >= 15 is 0 Å². The van der Waals surface area contributed by atoms with E-state index in [1.165, 1.54) is 0 Å². The van der Waals surface area contributed by atoms with Crippen LogP contribution in [0.15, 0.2) is 72.8 Å². The average Bonchev–Trinajstić information content (AvgIpc) is 3.12. The minimum atomic E-state index is -0.556. The SMILES string of the molecule is Cc1ccc(CNC(=O)COC(=O)c2ccc3c(c2)nc(C)n3-c2ccccc2)cc1. The first kappa shape index (κ1) is 20.3. The first-order chi connectivity index (χ1) is 15.0. The number of para-hydroxylation sites is 1. The van der Waals surface area contributed by atoms with Crippen LogP contribution in [0.25, 0.3) is 16.7 Å². The molecule has 0 aliphatic rings. The third-order valence-corrected chi connectivity index (χ3v) is 5.02. The summed E-state index contributed by atoms with van der Waals surface area (Å²) in [5.41, 5.74) is 5.10. The Bertz CT molecular complexity index is 1230. The lowest BCUT2D eigenvalue weighted by atomic mass is 10.1. The molecular formula is C25H23N3O3. The van der Waals surface area contributed by atoms with Gasteiger partial charge in [0.1, 0.15) is 5.82 Å². The van der Waals surface area contributed by atoms with Crippen LogP contribution < -0.4 is 5.32 Å². The third-order valence-electron chi connectivity index (χ3n) is 5.02. The Labute approximate surface area is 180 Å². The molecule has 6 nitrogen and oxygen atoms in total. The molecule has 0 unspecified atom stereocenters. The van der Waals surface area contributed by atoms with Gasteiger partial charge in [0, 0.05) is 12.2 Å². The second-order valence-corrected chi connectivity index (χ2v) is 7.37. The maximum atomic E-state index is 12.4. The zero-order valence-corrected chi connectivity index (χ0v) is 17.5. The normalized spacial score (nSPS) is 10.8. The van der Waals surface area contributed by atoms with Crippen molar-refractivity contribution in [2.75, 3.05) is 6.61 Å². The predicted molar refractivity (Wildman–Crippen MR) is 119 cm³/mol. The van der Waals surface area contributed by atoms with E-state index in [0.717, 1.165) is 28.2 Å². The molecule has 0 bridgehead atoms. The molecule has 1 amide bonds. The van der Waals surface area contributed by atoms with Gasteiger partial charge in [-0.3, -0.25) is 9.36 Å². The molecule has 0 saturated carbocycles. The lowest BCUT2D eigenvalue weighted by Crippen LogP contribution is -2.28. The quantitative estimate of drug-likeness (QED) is 0.483. The fraction of sp³-hybridized carbons (Fsp3) is 0.160. The van der Waals surface area contributed by atoms with Crippen LogP contribution >= 0.6 is 0 Å². The van der Waals surface area contributed by atoms with E-state index in [0.29, 0.717) is 17.6 Å². The van der Waals surface area contributed by atoms with E-state index in [1.54, 1.807) is 12.1 Å². The molecule has 1 heterocycles. The van der Waals surface area contributed by atoms with Crippen molar-refractivity contribution in [2.45, 2.75) is 20.4 Å². The number of aromatic nitrogens is 2. The van der Waals surface area contributed by atoms with Gasteiger partial charge in [-0.15, -0.1) is 0 Å². The van der Waals surface area contributed by atoms with Crippen molar-refractivity contribution < 1.29 is 14.3 Å². The number of aryl methyl sites for hydroxylation is 2. The molecule has 1 N–H and O–H groups in total. The van der Waals surface area contributed by atoms with Crippen LogP contribution in [-0.4, -0.2) is 28.0 Å². The van der Waals surface area contributed by atoms with E-state index in [9.17, 15) is 9.59 Å². The standard InChI is InChI=1S/C25H23N3O3/c1-17-8-10-19(11-9-17)15-26-24(29)16-31-25(30)20-12-13-23-22(14-20)27-18(2)28(23)21-6-4-3-5-7-21/h3-14H,15-16H2,1-2H3,(H,26,29). The third kappa shape index (κ3) is 4.64. The van der Waals surface area contributed by atoms with E-state index in [4.69, 9.17) is 4.74 Å². The van der Waals surface area contributed by atoms with Gasteiger partial charge in [-0.05, 0) is 49.7 Å². The first-order valence-corrected chi connectivity index (χ1v) is 10.0. The average molecular weight is 413 g/mol. The van der Waals surface area contributed by atoms with Crippen molar-refractivity contribution in [1.82, 2.24) is 14.9 Å². The van der Waals surface area contributed by atoms with Gasteiger partial charge in [0.2, 0.25) is 0 Å². The molecule has 0 atom stereocenters. The van der Waals surface area contributed by atoms with Crippen LogP contribution in [0.3, 0.4) is 0 Å². The molecular weight excluding hydrogens is 390 g/mol. The van der Waals surface area contributed by atoms with Crippen LogP contribution in [0.4, 0.5) is 0 Å². The molecule has 6 heteroatoms. The molecule has 0 fully saturated rings. The predicted octanol–water partition coefficient (Wildman–Crippen LogP) is 4.12. The monoisotopic (exact) mass is 413 g/mol. The molecule has 3 aromatic carbocycles. The number of hydrogen-bond acceptors (Lipinski definition) is 4. The number of carbonyl (C=O) groups is 2. The summed E-state index contributed by atoms with van der Waals surface area (Å²) in [7, 11) is 0. The summed E-state index contributed by atoms with van der Waals surface area (Å²) in [6, 6.07) is 23.0. The largest absolute Gasteiger partial charge is 0.452 e. The highest BCUT2D eigenvalue weighted by Crippen LogP contribution is 2.22. The Balaban J connectivity index is 1.40. The number of nitrogens with zero attached hydrogens (tertiary/aromatic N) is 2. The minimum Gasteiger partial charge on any atom is -0.452 e. The van der Waals surface area contributed by atoms with Gasteiger partial charge in [-0.1, -0.05) is 48.0 Å². The Morgan fingerprint density at radius 2 is 1.71 bits per heavy atom. The lowest BCUT2D eigenvalue weighted by molar-refractivity contribution is -0.124. The fourth-order valence-electron chi connectivity index (χ4n) is 3.40. The summed E-state index contributed by atoms with van der Waals surface area (Å²) in [4.78, 5) is 29.0. The minimum absolute atomic E-state index is 0.333. The Kier molecular flexibility index (Phi) is 5.80. The number of amides is 1. The number of nitrogens with one attached hydrogen (secondary N) is 1. The molecule has 31 heavy (non-hydrogen) atoms. The smallest absolute Gasteiger partial charge is 0.338 e. The maximum Gasteiger partial charge on any atom is 0.338 e. The summed E-state index contributed by atoms with van der Waals surface area (Å²) < 4.78 is 7.21. The van der Waals surface area contributed by atoms with Crippen LogP contribution in [0.5, 0.6) is 0 Å². The van der Waals surface area contributed by atoms with Crippen LogP contribution in [0.2, 0.25) is 0 Å². The van der Waals surface area contributed by atoms with Gasteiger partial charge in [0.15, 0.2) is 6.61 Å². The van der Waals surface area contributed by atoms with E-state index in [1.807, 2.05) is 79.1 Å². The molecule has 0 saturated heterocycles. The molecule has 0 aliphatic carbocycles. The van der Waals surface area contributed by atoms with Gasteiger partial charge in [0.05, 0.1) is 16.6 Å². The molecule has 1 aromatic heterocycles. The Morgan fingerprint density at radius 3 is 2.45 bits per heavy atom. The highest BCUT2D eigenvalue weighted by molar-refractivity contribution is 5.95.